The van der Waals surface area contributed by atoms with Gasteiger partial charge >= 0.3 is 5.97 Å². The van der Waals surface area contributed by atoms with Crippen LogP contribution in [0.4, 0.5) is 5.69 Å². The first-order valence-corrected chi connectivity index (χ1v) is 7.25. The van der Waals surface area contributed by atoms with Crippen molar-refractivity contribution in [2.45, 2.75) is 20.3 Å². The number of anilines is 1. The van der Waals surface area contributed by atoms with Crippen LogP contribution in [0.25, 0.3) is 0 Å². The van der Waals surface area contributed by atoms with Crippen molar-refractivity contribution in [1.29, 1.82) is 0 Å². The van der Waals surface area contributed by atoms with Crippen molar-refractivity contribution in [1.82, 2.24) is 0 Å². The van der Waals surface area contributed by atoms with Crippen LogP contribution in [-0.2, 0) is 4.79 Å². The van der Waals surface area contributed by atoms with Crippen molar-refractivity contribution in [3.63, 3.8) is 0 Å². The van der Waals surface area contributed by atoms with Crippen LogP contribution in [0.1, 0.15) is 29.3 Å². The zero-order valence-corrected chi connectivity index (χ0v) is 13.1. The van der Waals surface area contributed by atoms with E-state index in [1.54, 1.807) is 43.3 Å². The first-order valence-electron chi connectivity index (χ1n) is 6.88. The predicted molar refractivity (Wildman–Crippen MR) is 86.5 cm³/mol. The molecule has 2 rings (SSSR count). The number of hydrogen-bond acceptors (Lipinski definition) is 3. The quantitative estimate of drug-likeness (QED) is 0.678. The van der Waals surface area contributed by atoms with Gasteiger partial charge in [-0.1, -0.05) is 24.6 Å². The average Bonchev–Trinajstić information content (AvgIpc) is 2.51. The van der Waals surface area contributed by atoms with Gasteiger partial charge in [0.25, 0.3) is 5.91 Å². The molecule has 2 aromatic carbocycles. The SMILES string of the molecule is CCC(=O)Oc1ccc(C(=O)Nc2ccc(C)c(Cl)c2)cc1. The summed E-state index contributed by atoms with van der Waals surface area (Å²) in [5, 5.41) is 3.36. The molecule has 1 amide bonds. The molecule has 0 aliphatic carbocycles. The molecule has 0 atom stereocenters. The first-order chi connectivity index (χ1) is 10.5. The second-order valence-corrected chi connectivity index (χ2v) is 5.18. The van der Waals surface area contributed by atoms with Crippen molar-refractivity contribution in [2.24, 2.45) is 0 Å². The van der Waals surface area contributed by atoms with Gasteiger partial charge in [-0.3, -0.25) is 9.59 Å². The Labute approximate surface area is 134 Å². The molecule has 0 fully saturated rings. The molecule has 1 N–H and O–H groups in total. The zero-order valence-electron chi connectivity index (χ0n) is 12.4. The van der Waals surface area contributed by atoms with Crippen LogP contribution < -0.4 is 10.1 Å². The van der Waals surface area contributed by atoms with E-state index in [9.17, 15) is 9.59 Å². The van der Waals surface area contributed by atoms with E-state index >= 15 is 0 Å². The first kappa shape index (κ1) is 16.0. The Kier molecular flexibility index (Phi) is 5.17. The predicted octanol–water partition coefficient (Wildman–Crippen LogP) is 4.22. The number of nitrogens with one attached hydrogen (secondary N) is 1. The van der Waals surface area contributed by atoms with E-state index in [-0.39, 0.29) is 11.9 Å². The molecular formula is C17H16ClNO3. The van der Waals surface area contributed by atoms with Crippen molar-refractivity contribution >= 4 is 29.2 Å². The van der Waals surface area contributed by atoms with E-state index in [1.807, 2.05) is 13.0 Å². The smallest absolute Gasteiger partial charge is 0.310 e. The average molecular weight is 318 g/mol. The fourth-order valence-electron chi connectivity index (χ4n) is 1.75. The molecule has 22 heavy (non-hydrogen) atoms. The number of carbonyl (C=O) groups excluding carboxylic acids is 2. The van der Waals surface area contributed by atoms with Crippen LogP contribution in [0.5, 0.6) is 5.75 Å². The maximum atomic E-state index is 12.1. The monoisotopic (exact) mass is 317 g/mol. The third kappa shape index (κ3) is 4.09. The highest BCUT2D eigenvalue weighted by atomic mass is 35.5. The topological polar surface area (TPSA) is 55.4 Å². The summed E-state index contributed by atoms with van der Waals surface area (Å²) in [7, 11) is 0. The number of carbonyl (C=O) groups is 2. The summed E-state index contributed by atoms with van der Waals surface area (Å²) in [6, 6.07) is 11.7. The highest BCUT2D eigenvalue weighted by molar-refractivity contribution is 6.31. The summed E-state index contributed by atoms with van der Waals surface area (Å²) in [6.07, 6.45) is 0.302. The van der Waals surface area contributed by atoms with E-state index in [4.69, 9.17) is 16.3 Å². The van der Waals surface area contributed by atoms with Crippen LogP contribution in [0.15, 0.2) is 42.5 Å². The minimum atomic E-state index is -0.313. The largest absolute Gasteiger partial charge is 0.427 e. The Balaban J connectivity index is 2.06. The van der Waals surface area contributed by atoms with E-state index in [0.717, 1.165) is 5.56 Å². The Morgan fingerprint density at radius 1 is 1.14 bits per heavy atom. The van der Waals surface area contributed by atoms with Gasteiger partial charge in [-0.25, -0.2) is 0 Å². The molecule has 2 aromatic rings. The fourth-order valence-corrected chi connectivity index (χ4v) is 1.93. The molecule has 0 bridgehead atoms. The van der Waals surface area contributed by atoms with Gasteiger partial charge in [-0.15, -0.1) is 0 Å². The zero-order chi connectivity index (χ0) is 16.1. The number of hydrogen-bond donors (Lipinski definition) is 1. The molecule has 0 saturated carbocycles. The summed E-state index contributed by atoms with van der Waals surface area (Å²) >= 11 is 6.03. The van der Waals surface area contributed by atoms with E-state index in [2.05, 4.69) is 5.32 Å². The van der Waals surface area contributed by atoms with E-state index < -0.39 is 0 Å². The fraction of sp³-hybridized carbons (Fsp3) is 0.176. The molecular weight excluding hydrogens is 302 g/mol. The minimum absolute atomic E-state index is 0.256. The lowest BCUT2D eigenvalue weighted by atomic mass is 10.2. The van der Waals surface area contributed by atoms with Gasteiger partial charge in [0.1, 0.15) is 5.75 Å². The number of halogens is 1. The Morgan fingerprint density at radius 2 is 1.82 bits per heavy atom. The Hall–Kier alpha value is -2.33. The molecule has 0 aliphatic rings. The third-order valence-electron chi connectivity index (χ3n) is 3.07. The molecule has 0 spiro atoms. The van der Waals surface area contributed by atoms with Gasteiger partial charge in [-0.2, -0.15) is 0 Å². The van der Waals surface area contributed by atoms with Crippen molar-refractivity contribution in [3.05, 3.63) is 58.6 Å². The Bertz CT molecular complexity index is 696. The molecule has 4 nitrogen and oxygen atoms in total. The molecule has 0 heterocycles. The summed E-state index contributed by atoms with van der Waals surface area (Å²) in [4.78, 5) is 23.3. The summed E-state index contributed by atoms with van der Waals surface area (Å²) in [5.41, 5.74) is 2.04. The van der Waals surface area contributed by atoms with Gasteiger partial charge in [0.15, 0.2) is 0 Å². The molecule has 0 aromatic heterocycles. The van der Waals surface area contributed by atoms with Gasteiger partial charge < -0.3 is 10.1 Å². The lowest BCUT2D eigenvalue weighted by molar-refractivity contribution is -0.134. The maximum Gasteiger partial charge on any atom is 0.310 e. The molecule has 114 valence electrons. The van der Waals surface area contributed by atoms with Crippen molar-refractivity contribution in [2.75, 3.05) is 5.32 Å². The van der Waals surface area contributed by atoms with Gasteiger partial charge in [0.05, 0.1) is 0 Å². The second-order valence-electron chi connectivity index (χ2n) is 4.77. The van der Waals surface area contributed by atoms with Crippen LogP contribution >= 0.6 is 11.6 Å². The van der Waals surface area contributed by atoms with E-state index in [1.165, 1.54) is 0 Å². The number of benzene rings is 2. The maximum absolute atomic E-state index is 12.1. The number of esters is 1. The minimum Gasteiger partial charge on any atom is -0.427 e. The lowest BCUT2D eigenvalue weighted by Crippen LogP contribution is -2.12. The molecule has 0 radical (unpaired) electrons. The third-order valence-corrected chi connectivity index (χ3v) is 3.47. The normalized spacial score (nSPS) is 10.1. The number of ether oxygens (including phenoxy) is 1. The van der Waals surface area contributed by atoms with E-state index in [0.29, 0.717) is 28.4 Å². The molecule has 0 aliphatic heterocycles. The second kappa shape index (κ2) is 7.09. The number of amides is 1. The van der Waals surface area contributed by atoms with Gasteiger partial charge in [-0.05, 0) is 48.9 Å². The van der Waals surface area contributed by atoms with Crippen LogP contribution in [-0.4, -0.2) is 11.9 Å². The number of aryl methyl sites for hydroxylation is 1. The highest BCUT2D eigenvalue weighted by Crippen LogP contribution is 2.21. The summed E-state index contributed by atoms with van der Waals surface area (Å²) in [5.74, 6) is -0.151. The van der Waals surface area contributed by atoms with Crippen LogP contribution in [0, 0.1) is 6.92 Å². The lowest BCUT2D eigenvalue weighted by Gasteiger charge is -2.08. The number of rotatable bonds is 4. The molecule has 0 unspecified atom stereocenters. The van der Waals surface area contributed by atoms with Crippen molar-refractivity contribution in [3.8, 4) is 5.75 Å². The van der Waals surface area contributed by atoms with Crippen molar-refractivity contribution < 1.29 is 14.3 Å². The molecule has 5 heteroatoms. The Morgan fingerprint density at radius 3 is 2.41 bits per heavy atom. The van der Waals surface area contributed by atoms with Crippen LogP contribution in [0.2, 0.25) is 5.02 Å². The van der Waals surface area contributed by atoms with Crippen LogP contribution in [0.3, 0.4) is 0 Å². The standard InChI is InChI=1S/C17H16ClNO3/c1-3-16(20)22-14-8-5-12(6-9-14)17(21)19-13-7-4-11(2)15(18)10-13/h4-10H,3H2,1-2H3,(H,19,21). The summed E-state index contributed by atoms with van der Waals surface area (Å²) < 4.78 is 5.06. The highest BCUT2D eigenvalue weighted by Gasteiger charge is 2.08. The van der Waals surface area contributed by atoms with Gasteiger partial charge in [0.2, 0.25) is 0 Å². The summed E-state index contributed by atoms with van der Waals surface area (Å²) in [6.45, 7) is 3.61. The molecule has 0 saturated heterocycles. The van der Waals surface area contributed by atoms with Gasteiger partial charge in [0, 0.05) is 22.7 Å².